The standard InChI is InChI=1S/C11H18ClN3/c1-11(2,5-3-6-12)8-14-10-4-7-13-9-15-10/h4,7,9H,3,5-6,8H2,1-2H3,(H,13,14,15). The molecular formula is C11H18ClN3. The van der Waals surface area contributed by atoms with Gasteiger partial charge in [0, 0.05) is 18.6 Å². The third-order valence-electron chi connectivity index (χ3n) is 2.32. The normalized spacial score (nSPS) is 11.4. The van der Waals surface area contributed by atoms with E-state index in [2.05, 4.69) is 29.1 Å². The Balaban J connectivity index is 2.35. The minimum atomic E-state index is 0.250. The Morgan fingerprint density at radius 3 is 2.87 bits per heavy atom. The summed E-state index contributed by atoms with van der Waals surface area (Å²) in [6.07, 6.45) is 5.46. The Labute approximate surface area is 96.3 Å². The SMILES string of the molecule is CC(C)(CCCCl)CNc1ccncn1. The van der Waals surface area contributed by atoms with Crippen LogP contribution in [0.3, 0.4) is 0 Å². The van der Waals surface area contributed by atoms with Gasteiger partial charge >= 0.3 is 0 Å². The maximum Gasteiger partial charge on any atom is 0.129 e. The Hall–Kier alpha value is -0.830. The van der Waals surface area contributed by atoms with E-state index in [1.54, 1.807) is 12.5 Å². The number of hydrogen-bond acceptors (Lipinski definition) is 3. The number of anilines is 1. The summed E-state index contributed by atoms with van der Waals surface area (Å²) >= 11 is 5.68. The molecule has 4 heteroatoms. The van der Waals surface area contributed by atoms with Crippen molar-refractivity contribution in [3.05, 3.63) is 18.6 Å². The van der Waals surface area contributed by atoms with Crippen LogP contribution in [-0.2, 0) is 0 Å². The van der Waals surface area contributed by atoms with Crippen LogP contribution in [0, 0.1) is 5.41 Å². The molecule has 1 aromatic rings. The van der Waals surface area contributed by atoms with Crippen molar-refractivity contribution in [2.45, 2.75) is 26.7 Å². The first-order valence-corrected chi connectivity index (χ1v) is 5.73. The minimum absolute atomic E-state index is 0.250. The molecule has 1 N–H and O–H groups in total. The molecule has 0 aliphatic rings. The highest BCUT2D eigenvalue weighted by Gasteiger charge is 2.16. The van der Waals surface area contributed by atoms with Crippen molar-refractivity contribution in [2.24, 2.45) is 5.41 Å². The summed E-state index contributed by atoms with van der Waals surface area (Å²) in [6.45, 7) is 5.36. The van der Waals surface area contributed by atoms with Gasteiger partial charge in [-0.25, -0.2) is 9.97 Å². The molecule has 0 aromatic carbocycles. The lowest BCUT2D eigenvalue weighted by Crippen LogP contribution is -2.23. The van der Waals surface area contributed by atoms with E-state index in [-0.39, 0.29) is 5.41 Å². The number of aromatic nitrogens is 2. The molecule has 0 aliphatic heterocycles. The van der Waals surface area contributed by atoms with Gasteiger partial charge in [0.1, 0.15) is 12.1 Å². The van der Waals surface area contributed by atoms with Crippen LogP contribution >= 0.6 is 11.6 Å². The first-order valence-electron chi connectivity index (χ1n) is 5.20. The van der Waals surface area contributed by atoms with Crippen LogP contribution < -0.4 is 5.32 Å². The van der Waals surface area contributed by atoms with Crippen molar-refractivity contribution in [1.29, 1.82) is 0 Å². The van der Waals surface area contributed by atoms with Crippen LogP contribution in [0.2, 0.25) is 0 Å². The lowest BCUT2D eigenvalue weighted by atomic mass is 9.88. The molecule has 84 valence electrons. The number of halogens is 1. The lowest BCUT2D eigenvalue weighted by molar-refractivity contribution is 0.355. The smallest absolute Gasteiger partial charge is 0.129 e. The fourth-order valence-electron chi connectivity index (χ4n) is 1.36. The second-order valence-electron chi connectivity index (χ2n) is 4.40. The van der Waals surface area contributed by atoms with Crippen LogP contribution in [0.5, 0.6) is 0 Å². The zero-order valence-corrected chi connectivity index (χ0v) is 10.1. The maximum absolute atomic E-state index is 5.68. The van der Waals surface area contributed by atoms with Crippen molar-refractivity contribution in [2.75, 3.05) is 17.7 Å². The van der Waals surface area contributed by atoms with Gasteiger partial charge in [-0.15, -0.1) is 11.6 Å². The molecule has 0 amide bonds. The highest BCUT2D eigenvalue weighted by molar-refractivity contribution is 6.17. The van der Waals surface area contributed by atoms with Crippen molar-refractivity contribution in [3.63, 3.8) is 0 Å². The summed E-state index contributed by atoms with van der Waals surface area (Å²) in [5.41, 5.74) is 0.250. The summed E-state index contributed by atoms with van der Waals surface area (Å²) < 4.78 is 0. The van der Waals surface area contributed by atoms with Crippen molar-refractivity contribution < 1.29 is 0 Å². The highest BCUT2D eigenvalue weighted by atomic mass is 35.5. The molecule has 0 spiro atoms. The first kappa shape index (κ1) is 12.2. The van der Waals surface area contributed by atoms with Crippen molar-refractivity contribution in [3.8, 4) is 0 Å². The minimum Gasteiger partial charge on any atom is -0.369 e. The van der Waals surface area contributed by atoms with E-state index in [0.717, 1.165) is 31.1 Å². The highest BCUT2D eigenvalue weighted by Crippen LogP contribution is 2.22. The molecule has 0 saturated heterocycles. The van der Waals surface area contributed by atoms with Crippen LogP contribution in [0.15, 0.2) is 18.6 Å². The van der Waals surface area contributed by atoms with Crippen LogP contribution in [0.25, 0.3) is 0 Å². The third-order valence-corrected chi connectivity index (χ3v) is 2.58. The zero-order chi connectivity index (χ0) is 11.1. The number of nitrogens with one attached hydrogen (secondary N) is 1. The topological polar surface area (TPSA) is 37.8 Å². The molecule has 1 rings (SSSR count). The first-order chi connectivity index (χ1) is 7.14. The average Bonchev–Trinajstić information content (AvgIpc) is 2.25. The van der Waals surface area contributed by atoms with Gasteiger partial charge in [0.2, 0.25) is 0 Å². The van der Waals surface area contributed by atoms with E-state index >= 15 is 0 Å². The summed E-state index contributed by atoms with van der Waals surface area (Å²) in [4.78, 5) is 7.98. The van der Waals surface area contributed by atoms with E-state index in [1.165, 1.54) is 0 Å². The number of nitrogens with zero attached hydrogens (tertiary/aromatic N) is 2. The molecule has 1 heterocycles. The molecule has 0 radical (unpaired) electrons. The van der Waals surface area contributed by atoms with E-state index in [1.807, 2.05) is 6.07 Å². The van der Waals surface area contributed by atoms with E-state index in [9.17, 15) is 0 Å². The molecule has 0 atom stereocenters. The zero-order valence-electron chi connectivity index (χ0n) is 9.33. The van der Waals surface area contributed by atoms with E-state index in [0.29, 0.717) is 0 Å². The second kappa shape index (κ2) is 5.91. The summed E-state index contributed by atoms with van der Waals surface area (Å²) in [7, 11) is 0. The molecule has 0 fully saturated rings. The maximum atomic E-state index is 5.68. The lowest BCUT2D eigenvalue weighted by Gasteiger charge is -2.24. The van der Waals surface area contributed by atoms with Crippen molar-refractivity contribution in [1.82, 2.24) is 9.97 Å². The number of alkyl halides is 1. The molecule has 0 unspecified atom stereocenters. The average molecular weight is 228 g/mol. The molecule has 0 saturated carbocycles. The van der Waals surface area contributed by atoms with Crippen LogP contribution in [-0.4, -0.2) is 22.4 Å². The van der Waals surface area contributed by atoms with Gasteiger partial charge < -0.3 is 5.32 Å². The predicted molar refractivity (Wildman–Crippen MR) is 64.3 cm³/mol. The van der Waals surface area contributed by atoms with Gasteiger partial charge in [0.05, 0.1) is 0 Å². The third kappa shape index (κ3) is 4.98. The fourth-order valence-corrected chi connectivity index (χ4v) is 1.49. The number of hydrogen-bond donors (Lipinski definition) is 1. The van der Waals surface area contributed by atoms with Gasteiger partial charge in [-0.3, -0.25) is 0 Å². The Morgan fingerprint density at radius 2 is 2.27 bits per heavy atom. The van der Waals surface area contributed by atoms with Crippen LogP contribution in [0.4, 0.5) is 5.82 Å². The molecule has 3 nitrogen and oxygen atoms in total. The predicted octanol–water partition coefficient (Wildman–Crippen LogP) is 2.93. The van der Waals surface area contributed by atoms with Gasteiger partial charge in [0.25, 0.3) is 0 Å². The summed E-state index contributed by atoms with van der Waals surface area (Å²) in [5, 5.41) is 3.30. The second-order valence-corrected chi connectivity index (χ2v) is 4.78. The fraction of sp³-hybridized carbons (Fsp3) is 0.636. The number of rotatable bonds is 6. The van der Waals surface area contributed by atoms with E-state index < -0.39 is 0 Å². The molecule has 0 aliphatic carbocycles. The Kier molecular flexibility index (Phi) is 4.82. The Bertz CT molecular complexity index is 274. The van der Waals surface area contributed by atoms with Gasteiger partial charge in [-0.1, -0.05) is 13.8 Å². The summed E-state index contributed by atoms with van der Waals surface area (Å²) in [5.74, 6) is 1.61. The molecule has 1 aromatic heterocycles. The molecular weight excluding hydrogens is 210 g/mol. The van der Waals surface area contributed by atoms with E-state index in [4.69, 9.17) is 11.6 Å². The monoisotopic (exact) mass is 227 g/mol. The van der Waals surface area contributed by atoms with Gasteiger partial charge in [-0.05, 0) is 24.3 Å². The van der Waals surface area contributed by atoms with Crippen molar-refractivity contribution >= 4 is 17.4 Å². The van der Waals surface area contributed by atoms with Gasteiger partial charge in [-0.2, -0.15) is 0 Å². The largest absolute Gasteiger partial charge is 0.369 e. The molecule has 15 heavy (non-hydrogen) atoms. The molecule has 0 bridgehead atoms. The Morgan fingerprint density at radius 1 is 1.47 bits per heavy atom. The van der Waals surface area contributed by atoms with Crippen LogP contribution in [0.1, 0.15) is 26.7 Å². The summed E-state index contributed by atoms with van der Waals surface area (Å²) in [6, 6.07) is 1.87. The van der Waals surface area contributed by atoms with Gasteiger partial charge in [0.15, 0.2) is 0 Å². The quantitative estimate of drug-likeness (QED) is 0.760.